The molecule has 52 heavy (non-hydrogen) atoms. The number of esters is 1. The highest BCUT2D eigenvalue weighted by atomic mass is 35.5. The van der Waals surface area contributed by atoms with Crippen LogP contribution < -0.4 is 16.6 Å². The zero-order chi connectivity index (χ0) is 35.6. The van der Waals surface area contributed by atoms with Gasteiger partial charge < -0.3 is 19.5 Å². The maximum atomic E-state index is 11.6. The number of carbonyl (C=O) groups is 3. The summed E-state index contributed by atoms with van der Waals surface area (Å²) in [4.78, 5) is 45.6. The van der Waals surface area contributed by atoms with Gasteiger partial charge in [0.05, 0.1) is 34.6 Å². The van der Waals surface area contributed by atoms with Crippen LogP contribution in [0.3, 0.4) is 0 Å². The summed E-state index contributed by atoms with van der Waals surface area (Å²) in [5.74, 6) is 4.44. The smallest absolute Gasteiger partial charge is 0.421 e. The molecule has 0 aliphatic rings. The molecule has 17 heteroatoms. The number of thiazole rings is 2. The Labute approximate surface area is 336 Å². The lowest BCUT2D eigenvalue weighted by Gasteiger charge is -2.19. The van der Waals surface area contributed by atoms with E-state index < -0.39 is 23.8 Å². The van der Waals surface area contributed by atoms with Crippen LogP contribution >= 0.6 is 70.2 Å². The van der Waals surface area contributed by atoms with Crippen LogP contribution in [0, 0.1) is 13.8 Å². The summed E-state index contributed by atoms with van der Waals surface area (Å²) >= 11 is 6.93. The predicted molar refractivity (Wildman–Crippen MR) is 219 cm³/mol. The summed E-state index contributed by atoms with van der Waals surface area (Å²) in [6.07, 6.45) is 6.09. The van der Waals surface area contributed by atoms with Crippen LogP contribution in [0.4, 0.5) is 9.59 Å². The summed E-state index contributed by atoms with van der Waals surface area (Å²) in [6, 6.07) is 4.44. The highest BCUT2D eigenvalue weighted by Crippen LogP contribution is 2.20. The zero-order valence-corrected chi connectivity index (χ0v) is 34.5. The molecule has 0 unspecified atom stereocenters. The van der Waals surface area contributed by atoms with Crippen LogP contribution in [0.1, 0.15) is 83.3 Å². The third kappa shape index (κ3) is 21.0. The van der Waals surface area contributed by atoms with E-state index in [2.05, 4.69) is 48.9 Å². The lowest BCUT2D eigenvalue weighted by Crippen LogP contribution is -2.35. The molecule has 0 atom stereocenters. The highest BCUT2D eigenvalue weighted by Gasteiger charge is 2.17. The van der Waals surface area contributed by atoms with Gasteiger partial charge in [0.2, 0.25) is 0 Å². The minimum atomic E-state index is -0.601. The first kappa shape index (κ1) is 49.2. The topological polar surface area (TPSA) is 155 Å². The molecule has 292 valence electrons. The van der Waals surface area contributed by atoms with E-state index in [9.17, 15) is 14.4 Å². The van der Waals surface area contributed by atoms with E-state index in [-0.39, 0.29) is 38.8 Å². The van der Waals surface area contributed by atoms with E-state index in [4.69, 9.17) is 20.1 Å². The minimum absolute atomic E-state index is 0. The number of aryl methyl sites for hydroxylation is 8. The molecule has 4 aromatic heterocycles. The van der Waals surface area contributed by atoms with Gasteiger partial charge in [-0.05, 0) is 120 Å². The third-order valence-electron chi connectivity index (χ3n) is 6.61. The van der Waals surface area contributed by atoms with Crippen LogP contribution in [-0.2, 0) is 57.5 Å². The largest absolute Gasteiger partial charge is 0.459 e. The average Bonchev–Trinajstić information content (AvgIpc) is 3.87. The Hall–Kier alpha value is -2.79. The van der Waals surface area contributed by atoms with Gasteiger partial charge in [-0.15, -0.1) is 70.2 Å². The molecule has 4 aromatic rings. The lowest BCUT2D eigenvalue weighted by atomic mass is 10.1. The summed E-state index contributed by atoms with van der Waals surface area (Å²) in [6.45, 7) is 9.89. The number of thiophene rings is 2. The van der Waals surface area contributed by atoms with E-state index in [0.717, 1.165) is 67.1 Å². The lowest BCUT2D eigenvalue weighted by molar-refractivity contribution is -0.153. The number of nitrogens with zero attached hydrogens (tertiary/aromatic N) is 2. The number of aromatic nitrogens is 2. The molecule has 4 rings (SSSR count). The Kier molecular flexibility index (Phi) is 24.7. The van der Waals surface area contributed by atoms with Crippen molar-refractivity contribution in [2.75, 3.05) is 19.8 Å². The summed E-state index contributed by atoms with van der Waals surface area (Å²) in [5.41, 5.74) is 6.25. The average molecular weight is 839 g/mol. The number of carbonyl (C=O) groups excluding carboxylic acids is 3. The molecule has 0 saturated carbocycles. The van der Waals surface area contributed by atoms with Crippen molar-refractivity contribution in [3.63, 3.8) is 0 Å². The summed E-state index contributed by atoms with van der Waals surface area (Å²) < 4.78 is 15.1. The zero-order valence-electron chi connectivity index (χ0n) is 29.6. The number of nitrogens with one attached hydrogen (secondary N) is 2. The first-order chi connectivity index (χ1) is 23.4. The Balaban J connectivity index is 0.000000978. The predicted octanol–water partition coefficient (Wildman–Crippen LogP) is 8.61. The Morgan fingerprint density at radius 1 is 0.712 bits per heavy atom. The van der Waals surface area contributed by atoms with Crippen molar-refractivity contribution in [2.24, 2.45) is 5.84 Å². The van der Waals surface area contributed by atoms with Crippen molar-refractivity contribution in [1.29, 1.82) is 0 Å². The van der Waals surface area contributed by atoms with E-state index in [0.29, 0.717) is 13.2 Å². The molecule has 0 spiro atoms. The first-order valence-electron chi connectivity index (χ1n) is 16.1. The number of amides is 2. The number of ether oxygens (including phenoxy) is 3. The fraction of sp³-hybridized carbons (Fsp3) is 0.514. The second-order valence-electron chi connectivity index (χ2n) is 12.1. The second-order valence-corrected chi connectivity index (χ2v) is 16.2. The number of rotatable bonds is 16. The number of alkyl carbamates (subject to hydrolysis) is 1. The maximum Gasteiger partial charge on any atom is 0.421 e. The van der Waals surface area contributed by atoms with Gasteiger partial charge in [-0.25, -0.2) is 25.4 Å². The van der Waals surface area contributed by atoms with Gasteiger partial charge in [0.15, 0.2) is 0 Å². The molecule has 0 aliphatic carbocycles. The van der Waals surface area contributed by atoms with Gasteiger partial charge in [-0.2, -0.15) is 0 Å². The molecule has 0 radical (unpaired) electrons. The van der Waals surface area contributed by atoms with Crippen LogP contribution in [0.5, 0.6) is 0 Å². The highest BCUT2D eigenvalue weighted by molar-refractivity contribution is 7.10. The van der Waals surface area contributed by atoms with E-state index in [1.54, 1.807) is 66.1 Å². The molecule has 2 amide bonds. The number of halogens is 2. The molecule has 11 nitrogen and oxygen atoms in total. The van der Waals surface area contributed by atoms with Gasteiger partial charge in [0.25, 0.3) is 0 Å². The molecule has 0 aromatic carbocycles. The molecule has 0 fully saturated rings. The number of hydrogen-bond donors (Lipinski definition) is 3. The second kappa shape index (κ2) is 26.1. The molecular weight excluding hydrogens is 786 g/mol. The Morgan fingerprint density at radius 3 is 1.58 bits per heavy atom. The standard InChI is InChI=1S/C20H28N2O4S2.C14H19N3O2S2.CH4.2ClH/c1-14-22-16(13-27-14)7-8-17-10-15(12-28-17)6-5-9-25-19(24)21-11-18(23)26-20(2,3)4;1-10-16-12(9-20-10)4-5-13-7-11(8-21-13)3-2-6-19-14(18)17-15;;;/h10,12-13H,5-9,11H2,1-4H3,(H,21,24);7-9H,2-6,15H2,1H3,(H,17,18);1H4;2*1H. The monoisotopic (exact) mass is 837 g/mol. The number of hydrogen-bond acceptors (Lipinski definition) is 13. The van der Waals surface area contributed by atoms with Crippen molar-refractivity contribution < 1.29 is 28.6 Å². The number of nitrogens with two attached hydrogens (primary N) is 1. The Bertz CT molecular complexity index is 1600. The first-order valence-corrected chi connectivity index (χ1v) is 19.6. The minimum Gasteiger partial charge on any atom is -0.459 e. The maximum absolute atomic E-state index is 11.6. The molecule has 0 bridgehead atoms. The van der Waals surface area contributed by atoms with E-state index in [1.807, 2.05) is 19.3 Å². The van der Waals surface area contributed by atoms with Crippen LogP contribution in [0.2, 0.25) is 0 Å². The van der Waals surface area contributed by atoms with Crippen molar-refractivity contribution in [1.82, 2.24) is 20.7 Å². The fourth-order valence-corrected chi connectivity index (χ4v) is 7.57. The van der Waals surface area contributed by atoms with Crippen molar-refractivity contribution in [3.8, 4) is 0 Å². The fourth-order valence-electron chi connectivity index (χ4n) is 4.42. The van der Waals surface area contributed by atoms with Gasteiger partial charge >= 0.3 is 18.2 Å². The van der Waals surface area contributed by atoms with Crippen molar-refractivity contribution in [3.05, 3.63) is 75.9 Å². The van der Waals surface area contributed by atoms with Crippen LogP contribution in [0.25, 0.3) is 0 Å². The van der Waals surface area contributed by atoms with Gasteiger partial charge in [-0.1, -0.05) is 7.43 Å². The van der Waals surface area contributed by atoms with Gasteiger partial charge in [-0.3, -0.25) is 10.2 Å². The van der Waals surface area contributed by atoms with Crippen LogP contribution in [0.15, 0.2) is 33.7 Å². The summed E-state index contributed by atoms with van der Waals surface area (Å²) in [5, 5.41) is 13.2. The number of hydrazine groups is 1. The SMILES string of the molecule is C.Cc1nc(CCc2cc(CCCOC(=O)NCC(=O)OC(C)(C)C)cs2)cs1.Cc1nc(CCc2cc(CCCOC(=O)NN)cs2)cs1.Cl.Cl. The molecule has 0 aliphatic heterocycles. The molecule has 4 N–H and O–H groups in total. The summed E-state index contributed by atoms with van der Waals surface area (Å²) in [7, 11) is 0. The molecular formula is C35H53Cl2N5O6S4. The van der Waals surface area contributed by atoms with Crippen molar-refractivity contribution in [2.45, 2.75) is 99.0 Å². The quantitative estimate of drug-likeness (QED) is 0.0251. The van der Waals surface area contributed by atoms with E-state index in [1.165, 1.54) is 26.6 Å². The normalized spacial score (nSPS) is 10.3. The van der Waals surface area contributed by atoms with E-state index >= 15 is 0 Å². The van der Waals surface area contributed by atoms with Crippen molar-refractivity contribution >= 4 is 88.3 Å². The van der Waals surface area contributed by atoms with Gasteiger partial charge in [0.1, 0.15) is 12.1 Å². The Morgan fingerprint density at radius 2 is 1.17 bits per heavy atom. The third-order valence-corrected chi connectivity index (χ3v) is 10.3. The molecule has 4 heterocycles. The van der Waals surface area contributed by atoms with Crippen LogP contribution in [-0.4, -0.2) is 53.5 Å². The van der Waals surface area contributed by atoms with Gasteiger partial charge in [0, 0.05) is 20.5 Å². The molecule has 0 saturated heterocycles.